The molecule has 0 unspecified atom stereocenters. The molecule has 1 aromatic rings. The van der Waals surface area contributed by atoms with Crippen molar-refractivity contribution in [3.63, 3.8) is 0 Å². The van der Waals surface area contributed by atoms with Crippen molar-refractivity contribution in [2.24, 2.45) is 4.99 Å². The van der Waals surface area contributed by atoms with Gasteiger partial charge in [-0.1, -0.05) is 6.92 Å². The van der Waals surface area contributed by atoms with Crippen LogP contribution in [0.2, 0.25) is 0 Å². The number of nitrogens with zero attached hydrogens (tertiary/aromatic N) is 4. The topological polar surface area (TPSA) is 52.6 Å². The molecular formula is C23H42IN5O2. The molecule has 0 atom stereocenters. The van der Waals surface area contributed by atoms with Crippen LogP contribution in [0.1, 0.15) is 32.3 Å². The number of halogens is 1. The summed E-state index contributed by atoms with van der Waals surface area (Å²) < 4.78 is 10.8. The number of rotatable bonds is 11. The van der Waals surface area contributed by atoms with E-state index in [1.165, 1.54) is 45.7 Å². The summed E-state index contributed by atoms with van der Waals surface area (Å²) in [5, 5.41) is 3.41. The second-order valence-corrected chi connectivity index (χ2v) is 7.75. The molecule has 0 spiro atoms. The van der Waals surface area contributed by atoms with E-state index in [2.05, 4.69) is 47.0 Å². The Morgan fingerprint density at radius 3 is 2.39 bits per heavy atom. The highest BCUT2D eigenvalue weighted by Gasteiger charge is 2.15. The van der Waals surface area contributed by atoms with E-state index in [-0.39, 0.29) is 24.0 Å². The van der Waals surface area contributed by atoms with Gasteiger partial charge in [-0.2, -0.15) is 0 Å². The van der Waals surface area contributed by atoms with Gasteiger partial charge in [-0.25, -0.2) is 0 Å². The molecule has 31 heavy (non-hydrogen) atoms. The minimum Gasteiger partial charge on any atom is -0.497 e. The lowest BCUT2D eigenvalue weighted by atomic mass is 10.2. The molecule has 0 radical (unpaired) electrons. The van der Waals surface area contributed by atoms with Crippen molar-refractivity contribution >= 4 is 29.9 Å². The molecule has 1 fully saturated rings. The minimum atomic E-state index is 0. The first-order valence-electron chi connectivity index (χ1n) is 11.3. The number of likely N-dealkylation sites (N-methyl/N-ethyl adjacent to an activating group) is 1. The molecule has 0 bridgehead atoms. The molecule has 0 aromatic heterocycles. The van der Waals surface area contributed by atoms with Crippen LogP contribution in [0.5, 0.6) is 11.5 Å². The van der Waals surface area contributed by atoms with E-state index in [9.17, 15) is 0 Å². The molecule has 1 N–H and O–H groups in total. The summed E-state index contributed by atoms with van der Waals surface area (Å²) in [5.74, 6) is 2.57. The van der Waals surface area contributed by atoms with Gasteiger partial charge in [-0.05, 0) is 45.0 Å². The van der Waals surface area contributed by atoms with E-state index in [0.29, 0.717) is 0 Å². The zero-order chi connectivity index (χ0) is 21.8. The fourth-order valence-corrected chi connectivity index (χ4v) is 3.74. The molecule has 7 nitrogen and oxygen atoms in total. The predicted molar refractivity (Wildman–Crippen MR) is 140 cm³/mol. The molecule has 0 amide bonds. The molecule has 2 rings (SSSR count). The number of hydrogen-bond acceptors (Lipinski definition) is 5. The second kappa shape index (κ2) is 15.5. The number of methoxy groups -OCH3 is 2. The largest absolute Gasteiger partial charge is 0.497 e. The number of benzene rings is 1. The molecule has 1 aliphatic heterocycles. The Labute approximate surface area is 206 Å². The summed E-state index contributed by atoms with van der Waals surface area (Å²) in [6.07, 6.45) is 2.31. The SMILES string of the molecule is CCNC(=NCCCCN1CCN(CC)CC1)N(C)Cc1ccc(OC)cc1OC.I. The van der Waals surface area contributed by atoms with Gasteiger partial charge in [-0.3, -0.25) is 4.99 Å². The Hall–Kier alpha value is -1.26. The Morgan fingerprint density at radius 1 is 1.06 bits per heavy atom. The molecule has 1 aliphatic rings. The van der Waals surface area contributed by atoms with E-state index in [1.807, 2.05) is 12.1 Å². The first-order valence-corrected chi connectivity index (χ1v) is 11.3. The summed E-state index contributed by atoms with van der Waals surface area (Å²) >= 11 is 0. The highest BCUT2D eigenvalue weighted by Crippen LogP contribution is 2.25. The van der Waals surface area contributed by atoms with Crippen LogP contribution in [0.3, 0.4) is 0 Å². The first kappa shape index (κ1) is 27.8. The highest BCUT2D eigenvalue weighted by molar-refractivity contribution is 14.0. The van der Waals surface area contributed by atoms with Gasteiger partial charge < -0.3 is 29.5 Å². The van der Waals surface area contributed by atoms with E-state index in [4.69, 9.17) is 14.5 Å². The van der Waals surface area contributed by atoms with Crippen molar-refractivity contribution < 1.29 is 9.47 Å². The van der Waals surface area contributed by atoms with Crippen LogP contribution in [0.15, 0.2) is 23.2 Å². The molecule has 1 heterocycles. The zero-order valence-electron chi connectivity index (χ0n) is 20.0. The Morgan fingerprint density at radius 2 is 1.77 bits per heavy atom. The van der Waals surface area contributed by atoms with Crippen LogP contribution < -0.4 is 14.8 Å². The van der Waals surface area contributed by atoms with Crippen LogP contribution >= 0.6 is 24.0 Å². The third-order valence-corrected chi connectivity index (χ3v) is 5.65. The van der Waals surface area contributed by atoms with Crippen molar-refractivity contribution in [1.29, 1.82) is 0 Å². The molecule has 1 aromatic carbocycles. The fraction of sp³-hybridized carbons (Fsp3) is 0.696. The average Bonchev–Trinajstić information content (AvgIpc) is 2.78. The summed E-state index contributed by atoms with van der Waals surface area (Å²) in [4.78, 5) is 12.1. The Bertz CT molecular complexity index is 651. The molecule has 1 saturated heterocycles. The van der Waals surface area contributed by atoms with Crippen molar-refractivity contribution in [2.75, 3.05) is 73.6 Å². The van der Waals surface area contributed by atoms with Gasteiger partial charge in [0.1, 0.15) is 11.5 Å². The summed E-state index contributed by atoms with van der Waals surface area (Å²) in [5.41, 5.74) is 1.11. The molecule has 0 saturated carbocycles. The maximum atomic E-state index is 5.54. The Balaban J connectivity index is 0.00000480. The summed E-state index contributed by atoms with van der Waals surface area (Å²) in [6, 6.07) is 5.94. The van der Waals surface area contributed by atoms with Crippen molar-refractivity contribution in [3.8, 4) is 11.5 Å². The maximum absolute atomic E-state index is 5.54. The van der Waals surface area contributed by atoms with Gasteiger partial charge >= 0.3 is 0 Å². The smallest absolute Gasteiger partial charge is 0.193 e. The molecule has 0 aliphatic carbocycles. The van der Waals surface area contributed by atoms with Gasteiger partial charge in [0.25, 0.3) is 0 Å². The molecular weight excluding hydrogens is 505 g/mol. The van der Waals surface area contributed by atoms with Crippen LogP contribution in [0.4, 0.5) is 0 Å². The first-order chi connectivity index (χ1) is 14.6. The second-order valence-electron chi connectivity index (χ2n) is 7.75. The lowest BCUT2D eigenvalue weighted by Crippen LogP contribution is -2.46. The molecule has 8 heteroatoms. The number of hydrogen-bond donors (Lipinski definition) is 1. The average molecular weight is 548 g/mol. The number of aliphatic imine (C=N–C) groups is 1. The normalized spacial score (nSPS) is 15.3. The number of guanidine groups is 1. The zero-order valence-corrected chi connectivity index (χ0v) is 22.4. The number of piperazine rings is 1. The van der Waals surface area contributed by atoms with Gasteiger partial charge in [0.15, 0.2) is 5.96 Å². The van der Waals surface area contributed by atoms with Gasteiger partial charge in [0.05, 0.1) is 14.2 Å². The standard InChI is InChI=1S/C23H41N5O2.HI/c1-6-24-23(25-12-8-9-13-28-16-14-27(7-2)15-17-28)26(3)19-20-10-11-21(29-4)18-22(20)30-5;/h10-11,18H,6-9,12-17,19H2,1-5H3,(H,24,25);1H. The lowest BCUT2D eigenvalue weighted by molar-refractivity contribution is 0.136. The molecule has 178 valence electrons. The van der Waals surface area contributed by atoms with E-state index in [0.717, 1.165) is 49.1 Å². The quantitative estimate of drug-likeness (QED) is 0.199. The number of unbranched alkanes of at least 4 members (excludes halogenated alkanes) is 1. The maximum Gasteiger partial charge on any atom is 0.193 e. The van der Waals surface area contributed by atoms with Crippen molar-refractivity contribution in [2.45, 2.75) is 33.2 Å². The van der Waals surface area contributed by atoms with Gasteiger partial charge in [-0.15, -0.1) is 24.0 Å². The monoisotopic (exact) mass is 547 g/mol. The minimum absolute atomic E-state index is 0. The Kier molecular flexibility index (Phi) is 13.9. The van der Waals surface area contributed by atoms with E-state index < -0.39 is 0 Å². The summed E-state index contributed by atoms with van der Waals surface area (Å²) in [6.45, 7) is 13.9. The summed E-state index contributed by atoms with van der Waals surface area (Å²) in [7, 11) is 5.43. The highest BCUT2D eigenvalue weighted by atomic mass is 127. The fourth-order valence-electron chi connectivity index (χ4n) is 3.74. The number of ether oxygens (including phenoxy) is 2. The van der Waals surface area contributed by atoms with Gasteiger partial charge in [0, 0.05) is 64.5 Å². The predicted octanol–water partition coefficient (Wildman–Crippen LogP) is 3.14. The van der Waals surface area contributed by atoms with Crippen LogP contribution in [-0.2, 0) is 6.54 Å². The van der Waals surface area contributed by atoms with Gasteiger partial charge in [0.2, 0.25) is 0 Å². The van der Waals surface area contributed by atoms with Crippen molar-refractivity contribution in [3.05, 3.63) is 23.8 Å². The van der Waals surface area contributed by atoms with Crippen LogP contribution in [0.25, 0.3) is 0 Å². The lowest BCUT2D eigenvalue weighted by Gasteiger charge is -2.33. The van der Waals surface area contributed by atoms with E-state index >= 15 is 0 Å². The van der Waals surface area contributed by atoms with Crippen LogP contribution in [0, 0.1) is 0 Å². The number of nitrogens with one attached hydrogen (secondary N) is 1. The third-order valence-electron chi connectivity index (χ3n) is 5.65. The van der Waals surface area contributed by atoms with Crippen molar-refractivity contribution in [1.82, 2.24) is 20.0 Å². The van der Waals surface area contributed by atoms with E-state index in [1.54, 1.807) is 14.2 Å². The third kappa shape index (κ3) is 9.41. The van der Waals surface area contributed by atoms with Crippen LogP contribution in [-0.4, -0.2) is 94.3 Å².